The fourth-order valence-corrected chi connectivity index (χ4v) is 2.83. The smallest absolute Gasteiger partial charge is 0.341 e. The first-order valence-corrected chi connectivity index (χ1v) is 8.75. The number of anilines is 1. The van der Waals surface area contributed by atoms with Gasteiger partial charge in [-0.3, -0.25) is 9.48 Å². The Morgan fingerprint density at radius 1 is 1.31 bits per heavy atom. The highest BCUT2D eigenvalue weighted by Crippen LogP contribution is 2.42. The zero-order chi connectivity index (χ0) is 18.7. The summed E-state index contributed by atoms with van der Waals surface area (Å²) in [6.45, 7) is 4.67. The molecule has 138 valence electrons. The van der Waals surface area contributed by atoms with E-state index in [1.54, 1.807) is 30.5 Å². The molecule has 0 spiro atoms. The highest BCUT2D eigenvalue weighted by atomic mass is 16.5. The number of aliphatic carboxylic acids is 1. The number of nitrogens with one attached hydrogen (secondary N) is 1. The molecular formula is C19H23N3O4. The molecule has 0 unspecified atom stereocenters. The van der Waals surface area contributed by atoms with Crippen LogP contribution in [0.25, 0.3) is 0 Å². The number of carbonyl (C=O) groups excluding carboxylic acids is 1. The molecule has 1 aliphatic rings. The number of benzene rings is 1. The van der Waals surface area contributed by atoms with Crippen LogP contribution >= 0.6 is 0 Å². The van der Waals surface area contributed by atoms with Gasteiger partial charge in [0.05, 0.1) is 17.5 Å². The van der Waals surface area contributed by atoms with Gasteiger partial charge >= 0.3 is 5.97 Å². The van der Waals surface area contributed by atoms with Crippen molar-refractivity contribution in [1.29, 1.82) is 0 Å². The number of amides is 1. The lowest BCUT2D eigenvalue weighted by Gasteiger charge is -2.11. The van der Waals surface area contributed by atoms with Crippen LogP contribution in [0.1, 0.15) is 48.7 Å². The van der Waals surface area contributed by atoms with Gasteiger partial charge in [0, 0.05) is 18.2 Å². The summed E-state index contributed by atoms with van der Waals surface area (Å²) >= 11 is 0. The van der Waals surface area contributed by atoms with E-state index in [2.05, 4.69) is 24.3 Å². The van der Waals surface area contributed by atoms with Crippen molar-refractivity contribution in [3.8, 4) is 5.75 Å². The molecule has 0 radical (unpaired) electrons. The third kappa shape index (κ3) is 4.41. The molecule has 1 heterocycles. The Bertz CT molecular complexity index is 792. The minimum Gasteiger partial charge on any atom is -0.482 e. The van der Waals surface area contributed by atoms with Gasteiger partial charge in [0.1, 0.15) is 5.75 Å². The number of hydrogen-bond acceptors (Lipinski definition) is 4. The van der Waals surface area contributed by atoms with Crippen LogP contribution < -0.4 is 10.1 Å². The molecule has 2 N–H and O–H groups in total. The van der Waals surface area contributed by atoms with Crippen molar-refractivity contribution in [2.75, 3.05) is 11.9 Å². The Balaban J connectivity index is 1.70. The van der Waals surface area contributed by atoms with Gasteiger partial charge < -0.3 is 15.2 Å². The zero-order valence-corrected chi connectivity index (χ0v) is 14.9. The SMILES string of the molecule is CC(C)Cn1ncc(C(=O)Nc2ccc(OCC(=O)O)cc2)c1C1CC1. The predicted octanol–water partition coefficient (Wildman–Crippen LogP) is 3.13. The van der Waals surface area contributed by atoms with Crippen molar-refractivity contribution in [2.45, 2.75) is 39.2 Å². The maximum atomic E-state index is 12.7. The lowest BCUT2D eigenvalue weighted by molar-refractivity contribution is -0.139. The Morgan fingerprint density at radius 2 is 2.00 bits per heavy atom. The van der Waals surface area contributed by atoms with Crippen molar-refractivity contribution in [3.05, 3.63) is 41.7 Å². The summed E-state index contributed by atoms with van der Waals surface area (Å²) in [6.07, 6.45) is 3.84. The molecule has 1 aliphatic carbocycles. The molecule has 7 heteroatoms. The van der Waals surface area contributed by atoms with E-state index in [-0.39, 0.29) is 5.91 Å². The number of nitrogens with zero attached hydrogens (tertiary/aromatic N) is 2. The van der Waals surface area contributed by atoms with Gasteiger partial charge in [-0.2, -0.15) is 5.10 Å². The first-order chi connectivity index (χ1) is 12.4. The van der Waals surface area contributed by atoms with Crippen molar-refractivity contribution in [1.82, 2.24) is 9.78 Å². The summed E-state index contributed by atoms with van der Waals surface area (Å²) in [4.78, 5) is 23.2. The summed E-state index contributed by atoms with van der Waals surface area (Å²) in [5.74, 6) is 0.105. The Kier molecular flexibility index (Phi) is 5.25. The van der Waals surface area contributed by atoms with Gasteiger partial charge in [0.2, 0.25) is 0 Å². The van der Waals surface area contributed by atoms with Crippen molar-refractivity contribution >= 4 is 17.6 Å². The van der Waals surface area contributed by atoms with Crippen molar-refractivity contribution < 1.29 is 19.4 Å². The monoisotopic (exact) mass is 357 g/mol. The molecule has 2 aromatic rings. The number of carbonyl (C=O) groups is 2. The normalized spacial score (nSPS) is 13.7. The van der Waals surface area contributed by atoms with E-state index in [4.69, 9.17) is 9.84 Å². The summed E-state index contributed by atoms with van der Waals surface area (Å²) < 4.78 is 7.04. The minimum absolute atomic E-state index is 0.180. The molecular weight excluding hydrogens is 334 g/mol. The molecule has 0 bridgehead atoms. The topological polar surface area (TPSA) is 93.5 Å². The van der Waals surface area contributed by atoms with E-state index >= 15 is 0 Å². The third-order valence-corrected chi connectivity index (χ3v) is 4.10. The number of carboxylic acid groups (broad SMARTS) is 1. The summed E-state index contributed by atoms with van der Waals surface area (Å²) in [7, 11) is 0. The largest absolute Gasteiger partial charge is 0.482 e. The summed E-state index contributed by atoms with van der Waals surface area (Å²) in [5, 5.41) is 15.9. The Morgan fingerprint density at radius 3 is 2.58 bits per heavy atom. The van der Waals surface area contributed by atoms with Crippen LogP contribution in [0.2, 0.25) is 0 Å². The van der Waals surface area contributed by atoms with Gasteiger partial charge in [-0.1, -0.05) is 13.8 Å². The third-order valence-electron chi connectivity index (χ3n) is 4.10. The van der Waals surface area contributed by atoms with Gasteiger partial charge in [0.15, 0.2) is 6.61 Å². The fourth-order valence-electron chi connectivity index (χ4n) is 2.83. The molecule has 3 rings (SSSR count). The number of hydrogen-bond donors (Lipinski definition) is 2. The number of ether oxygens (including phenoxy) is 1. The second kappa shape index (κ2) is 7.59. The van der Waals surface area contributed by atoms with E-state index in [1.807, 2.05) is 4.68 Å². The lowest BCUT2D eigenvalue weighted by atomic mass is 10.1. The second-order valence-electron chi connectivity index (χ2n) is 6.95. The van der Waals surface area contributed by atoms with Crippen LogP contribution in [0.5, 0.6) is 5.75 Å². The fraction of sp³-hybridized carbons (Fsp3) is 0.421. The van der Waals surface area contributed by atoms with Crippen molar-refractivity contribution in [3.63, 3.8) is 0 Å². The lowest BCUT2D eigenvalue weighted by Crippen LogP contribution is -2.15. The van der Waals surface area contributed by atoms with Crippen LogP contribution in [-0.4, -0.2) is 33.4 Å². The van der Waals surface area contributed by atoms with E-state index < -0.39 is 12.6 Å². The predicted molar refractivity (Wildman–Crippen MR) is 96.6 cm³/mol. The number of carboxylic acids is 1. The van der Waals surface area contributed by atoms with Gasteiger partial charge in [-0.15, -0.1) is 0 Å². The maximum absolute atomic E-state index is 12.7. The van der Waals surface area contributed by atoms with Crippen LogP contribution in [0, 0.1) is 5.92 Å². The van der Waals surface area contributed by atoms with Crippen LogP contribution in [0.4, 0.5) is 5.69 Å². The molecule has 0 saturated heterocycles. The molecule has 0 atom stereocenters. The summed E-state index contributed by atoms with van der Waals surface area (Å²) in [6, 6.07) is 6.62. The highest BCUT2D eigenvalue weighted by molar-refractivity contribution is 6.05. The van der Waals surface area contributed by atoms with E-state index in [1.165, 1.54) is 0 Å². The Labute approximate surface area is 152 Å². The molecule has 1 amide bonds. The molecule has 1 aromatic heterocycles. The molecule has 7 nitrogen and oxygen atoms in total. The summed E-state index contributed by atoms with van der Waals surface area (Å²) in [5.41, 5.74) is 2.27. The van der Waals surface area contributed by atoms with Gasteiger partial charge in [0.25, 0.3) is 5.91 Å². The molecule has 26 heavy (non-hydrogen) atoms. The first kappa shape index (κ1) is 18.0. The van der Waals surface area contributed by atoms with Crippen LogP contribution in [0.3, 0.4) is 0 Å². The number of rotatable bonds is 8. The quantitative estimate of drug-likeness (QED) is 0.757. The maximum Gasteiger partial charge on any atom is 0.341 e. The average Bonchev–Trinajstić information content (AvgIpc) is 3.34. The van der Waals surface area contributed by atoms with E-state index in [9.17, 15) is 9.59 Å². The molecule has 0 aliphatic heterocycles. The second-order valence-corrected chi connectivity index (χ2v) is 6.95. The van der Waals surface area contributed by atoms with Gasteiger partial charge in [-0.05, 0) is 43.0 Å². The van der Waals surface area contributed by atoms with E-state index in [0.717, 1.165) is 25.1 Å². The Hall–Kier alpha value is -2.83. The van der Waals surface area contributed by atoms with Crippen molar-refractivity contribution in [2.24, 2.45) is 5.92 Å². The molecule has 1 aromatic carbocycles. The molecule has 1 saturated carbocycles. The average molecular weight is 357 g/mol. The van der Waals surface area contributed by atoms with Crippen LogP contribution in [-0.2, 0) is 11.3 Å². The standard InChI is InChI=1S/C19H23N3O4/c1-12(2)10-22-18(13-3-4-13)16(9-20-22)19(25)21-14-5-7-15(8-6-14)26-11-17(23)24/h5-9,12-13H,3-4,10-11H2,1-2H3,(H,21,25)(H,23,24). The minimum atomic E-state index is -1.03. The molecule has 1 fully saturated rings. The van der Waals surface area contributed by atoms with Crippen LogP contribution in [0.15, 0.2) is 30.5 Å². The van der Waals surface area contributed by atoms with E-state index in [0.29, 0.717) is 28.8 Å². The zero-order valence-electron chi connectivity index (χ0n) is 14.9. The van der Waals surface area contributed by atoms with Gasteiger partial charge in [-0.25, -0.2) is 4.79 Å². The first-order valence-electron chi connectivity index (χ1n) is 8.75. The highest BCUT2D eigenvalue weighted by Gasteiger charge is 2.32. The number of aromatic nitrogens is 2.